The first kappa shape index (κ1) is 30.5. The van der Waals surface area contributed by atoms with Gasteiger partial charge in [-0.05, 0) is 50.5 Å². The third kappa shape index (κ3) is 13.6. The number of thioether (sulfide) groups is 1. The minimum Gasteiger partial charge on any atom is -0.480 e. The molecule has 13 heteroatoms. The van der Waals surface area contributed by atoms with Gasteiger partial charge in [-0.15, -0.1) is 0 Å². The fourth-order valence-electron chi connectivity index (χ4n) is 2.79. The monoisotopic (exact) mass is 489 g/mol. The molecule has 0 saturated heterocycles. The average molecular weight is 490 g/mol. The van der Waals surface area contributed by atoms with E-state index in [9.17, 15) is 24.3 Å². The Morgan fingerprint density at radius 3 is 2.06 bits per heavy atom. The van der Waals surface area contributed by atoms with E-state index in [1.54, 1.807) is 11.8 Å². The first-order chi connectivity index (χ1) is 15.4. The van der Waals surface area contributed by atoms with Crippen LogP contribution in [0.1, 0.15) is 46.5 Å². The highest BCUT2D eigenvalue weighted by Gasteiger charge is 2.28. The number of guanidine groups is 1. The number of carboxylic acids is 1. The molecule has 4 atom stereocenters. The Bertz CT molecular complexity index is 686. The number of hydrogen-bond donors (Lipinski definition) is 7. The Hall–Kier alpha value is -2.54. The molecule has 0 saturated carbocycles. The van der Waals surface area contributed by atoms with Crippen molar-refractivity contribution in [3.8, 4) is 0 Å². The van der Waals surface area contributed by atoms with Crippen molar-refractivity contribution >= 4 is 41.4 Å². The van der Waals surface area contributed by atoms with Gasteiger partial charge in [-0.25, -0.2) is 4.79 Å². The fraction of sp³-hybridized carbons (Fsp3) is 0.750. The third-order valence-corrected chi connectivity index (χ3v) is 5.27. The second-order valence-electron chi connectivity index (χ2n) is 8.16. The second-order valence-corrected chi connectivity index (χ2v) is 9.14. The molecule has 0 fully saturated rings. The zero-order chi connectivity index (χ0) is 25.6. The molecule has 0 rings (SSSR count). The standard InChI is InChI=1S/C20H39N7O5S/c1-11(2)10-15(27-17(29)13(21)7-9-33-4)18(30)25-12(3)16(28)26-14(19(31)32)6-5-8-24-20(22)23/h11-15H,5-10,21H2,1-4H3,(H,25,30)(H,26,28)(H,27,29)(H,31,32)(H4,22,23,24). The van der Waals surface area contributed by atoms with Crippen LogP contribution in [0.15, 0.2) is 4.99 Å². The van der Waals surface area contributed by atoms with E-state index in [4.69, 9.17) is 17.2 Å². The van der Waals surface area contributed by atoms with Crippen molar-refractivity contribution in [2.24, 2.45) is 28.1 Å². The van der Waals surface area contributed by atoms with Crippen LogP contribution in [-0.4, -0.2) is 77.5 Å². The molecule has 0 aliphatic rings. The van der Waals surface area contributed by atoms with Crippen LogP contribution >= 0.6 is 11.8 Å². The first-order valence-corrected chi connectivity index (χ1v) is 12.2. The lowest BCUT2D eigenvalue weighted by molar-refractivity contribution is -0.142. The number of rotatable bonds is 16. The van der Waals surface area contributed by atoms with Crippen LogP contribution < -0.4 is 33.2 Å². The van der Waals surface area contributed by atoms with Gasteiger partial charge in [0.15, 0.2) is 5.96 Å². The molecule has 12 nitrogen and oxygen atoms in total. The molecular formula is C20H39N7O5S. The Balaban J connectivity index is 4.98. The maximum atomic E-state index is 12.8. The molecule has 190 valence electrons. The van der Waals surface area contributed by atoms with E-state index in [1.165, 1.54) is 6.92 Å². The van der Waals surface area contributed by atoms with Crippen molar-refractivity contribution in [1.82, 2.24) is 16.0 Å². The number of amides is 3. The van der Waals surface area contributed by atoms with Crippen LogP contribution in [0.25, 0.3) is 0 Å². The van der Waals surface area contributed by atoms with E-state index < -0.39 is 47.9 Å². The van der Waals surface area contributed by atoms with Crippen molar-refractivity contribution in [1.29, 1.82) is 0 Å². The van der Waals surface area contributed by atoms with E-state index in [0.29, 0.717) is 25.0 Å². The molecular weight excluding hydrogens is 450 g/mol. The lowest BCUT2D eigenvalue weighted by Crippen LogP contribution is -2.56. The molecule has 0 aromatic rings. The molecule has 10 N–H and O–H groups in total. The lowest BCUT2D eigenvalue weighted by atomic mass is 10.0. The number of nitrogens with two attached hydrogens (primary N) is 3. The zero-order valence-corrected chi connectivity index (χ0v) is 20.6. The molecule has 4 unspecified atom stereocenters. The van der Waals surface area contributed by atoms with Crippen LogP contribution in [0.4, 0.5) is 0 Å². The molecule has 33 heavy (non-hydrogen) atoms. The normalized spacial score (nSPS) is 14.5. The van der Waals surface area contributed by atoms with Gasteiger partial charge in [0.1, 0.15) is 18.1 Å². The molecule has 3 amide bonds. The maximum absolute atomic E-state index is 12.8. The van der Waals surface area contributed by atoms with Gasteiger partial charge < -0.3 is 38.3 Å². The van der Waals surface area contributed by atoms with Gasteiger partial charge in [-0.1, -0.05) is 13.8 Å². The fourth-order valence-corrected chi connectivity index (χ4v) is 3.28. The van der Waals surface area contributed by atoms with E-state index >= 15 is 0 Å². The van der Waals surface area contributed by atoms with Gasteiger partial charge in [0.2, 0.25) is 17.7 Å². The van der Waals surface area contributed by atoms with Crippen molar-refractivity contribution in [3.05, 3.63) is 0 Å². The molecule has 0 aliphatic carbocycles. The largest absolute Gasteiger partial charge is 0.480 e. The quantitative estimate of drug-likeness (QED) is 0.0779. The third-order valence-electron chi connectivity index (χ3n) is 4.62. The van der Waals surface area contributed by atoms with Crippen LogP contribution in [0, 0.1) is 5.92 Å². The number of nitrogens with one attached hydrogen (secondary N) is 3. The van der Waals surface area contributed by atoms with Crippen molar-refractivity contribution in [3.63, 3.8) is 0 Å². The summed E-state index contributed by atoms with van der Waals surface area (Å²) < 4.78 is 0. The molecule has 0 aromatic heterocycles. The minimum absolute atomic E-state index is 0.0919. The summed E-state index contributed by atoms with van der Waals surface area (Å²) in [7, 11) is 0. The molecule has 0 aromatic carbocycles. The Labute approximate surface area is 199 Å². The molecule has 0 radical (unpaired) electrons. The van der Waals surface area contributed by atoms with E-state index in [-0.39, 0.29) is 24.8 Å². The van der Waals surface area contributed by atoms with Gasteiger partial charge >= 0.3 is 5.97 Å². The molecule has 0 spiro atoms. The number of hydrogen-bond acceptors (Lipinski definition) is 7. The van der Waals surface area contributed by atoms with Crippen molar-refractivity contribution < 1.29 is 24.3 Å². The Morgan fingerprint density at radius 2 is 1.55 bits per heavy atom. The minimum atomic E-state index is -1.21. The summed E-state index contributed by atoms with van der Waals surface area (Å²) in [5.41, 5.74) is 16.3. The maximum Gasteiger partial charge on any atom is 0.326 e. The summed E-state index contributed by atoms with van der Waals surface area (Å²) in [6.07, 6.45) is 3.18. The number of carboxylic acid groups (broad SMARTS) is 1. The first-order valence-electron chi connectivity index (χ1n) is 10.8. The number of carbonyl (C=O) groups excluding carboxylic acids is 3. The van der Waals surface area contributed by atoms with Crippen molar-refractivity contribution in [2.75, 3.05) is 18.6 Å². The van der Waals surface area contributed by atoms with Crippen LogP contribution in [0.2, 0.25) is 0 Å². The number of aliphatic imine (C=N–C) groups is 1. The molecule has 0 bridgehead atoms. The van der Waals surface area contributed by atoms with E-state index in [1.807, 2.05) is 20.1 Å². The van der Waals surface area contributed by atoms with Crippen LogP contribution in [0.5, 0.6) is 0 Å². The summed E-state index contributed by atoms with van der Waals surface area (Å²) in [6.45, 7) is 5.46. The SMILES string of the molecule is CSCCC(N)C(=O)NC(CC(C)C)C(=O)NC(C)C(=O)NC(CCCN=C(N)N)C(=O)O. The van der Waals surface area contributed by atoms with Crippen LogP contribution in [-0.2, 0) is 19.2 Å². The summed E-state index contributed by atoms with van der Waals surface area (Å²) >= 11 is 1.57. The van der Waals surface area contributed by atoms with Crippen molar-refractivity contribution in [2.45, 2.75) is 70.6 Å². The number of nitrogens with zero attached hydrogens (tertiary/aromatic N) is 1. The summed E-state index contributed by atoms with van der Waals surface area (Å²) in [4.78, 5) is 52.8. The highest BCUT2D eigenvalue weighted by molar-refractivity contribution is 7.98. The Kier molecular flexibility index (Phi) is 14.9. The average Bonchev–Trinajstić information content (AvgIpc) is 2.72. The number of aliphatic carboxylic acids is 1. The predicted molar refractivity (Wildman–Crippen MR) is 129 cm³/mol. The summed E-state index contributed by atoms with van der Waals surface area (Å²) in [5, 5.41) is 16.9. The zero-order valence-electron chi connectivity index (χ0n) is 19.8. The molecule has 0 aliphatic heterocycles. The van der Waals surface area contributed by atoms with Gasteiger partial charge in [-0.3, -0.25) is 19.4 Å². The summed E-state index contributed by atoms with van der Waals surface area (Å²) in [5.74, 6) is -2.15. The highest BCUT2D eigenvalue weighted by Crippen LogP contribution is 2.07. The molecule has 0 heterocycles. The topological polar surface area (TPSA) is 215 Å². The Morgan fingerprint density at radius 1 is 0.939 bits per heavy atom. The predicted octanol–water partition coefficient (Wildman–Crippen LogP) is -1.27. The van der Waals surface area contributed by atoms with E-state index in [2.05, 4.69) is 20.9 Å². The smallest absolute Gasteiger partial charge is 0.326 e. The lowest BCUT2D eigenvalue weighted by Gasteiger charge is -2.24. The second kappa shape index (κ2) is 16.1. The van der Waals surface area contributed by atoms with E-state index in [0.717, 1.165) is 0 Å². The van der Waals surface area contributed by atoms with Gasteiger partial charge in [0.05, 0.1) is 6.04 Å². The van der Waals surface area contributed by atoms with Gasteiger partial charge in [-0.2, -0.15) is 11.8 Å². The van der Waals surface area contributed by atoms with Crippen LogP contribution in [0.3, 0.4) is 0 Å². The summed E-state index contributed by atoms with van der Waals surface area (Å²) in [6, 6.07) is -3.79. The van der Waals surface area contributed by atoms with Gasteiger partial charge in [0, 0.05) is 6.54 Å². The highest BCUT2D eigenvalue weighted by atomic mass is 32.2. The van der Waals surface area contributed by atoms with Gasteiger partial charge in [0.25, 0.3) is 0 Å². The number of carbonyl (C=O) groups is 4.